The van der Waals surface area contributed by atoms with Gasteiger partial charge in [-0.05, 0) is 49.4 Å². The van der Waals surface area contributed by atoms with Gasteiger partial charge in [-0.25, -0.2) is 4.98 Å². The highest BCUT2D eigenvalue weighted by molar-refractivity contribution is 9.10. The zero-order chi connectivity index (χ0) is 16.4. The summed E-state index contributed by atoms with van der Waals surface area (Å²) in [5.41, 5.74) is 2.46. The molecule has 118 valence electrons. The Morgan fingerprint density at radius 1 is 1.30 bits per heavy atom. The van der Waals surface area contributed by atoms with E-state index in [2.05, 4.69) is 31.2 Å². The molecule has 3 rings (SSSR count). The van der Waals surface area contributed by atoms with E-state index >= 15 is 0 Å². The summed E-state index contributed by atoms with van der Waals surface area (Å²) in [4.78, 5) is 19.9. The minimum atomic E-state index is -0.283. The zero-order valence-corrected chi connectivity index (χ0v) is 15.3. The molecule has 0 aliphatic rings. The van der Waals surface area contributed by atoms with Crippen LogP contribution in [0.1, 0.15) is 6.92 Å². The fourth-order valence-electron chi connectivity index (χ4n) is 2.01. The van der Waals surface area contributed by atoms with Crippen molar-refractivity contribution >= 4 is 61.9 Å². The number of aromatic nitrogens is 2. The largest absolute Gasteiger partial charge is 0.333 e. The van der Waals surface area contributed by atoms with Gasteiger partial charge in [0.1, 0.15) is 0 Å². The number of nitrogens with zero attached hydrogens (tertiary/aromatic N) is 1. The number of amides is 1. The Morgan fingerprint density at radius 2 is 2.04 bits per heavy atom. The van der Waals surface area contributed by atoms with E-state index in [1.807, 2.05) is 43.3 Å². The topological polar surface area (TPSA) is 57.8 Å². The van der Waals surface area contributed by atoms with Gasteiger partial charge >= 0.3 is 0 Å². The van der Waals surface area contributed by atoms with Gasteiger partial charge in [-0.1, -0.05) is 39.3 Å². The van der Waals surface area contributed by atoms with Gasteiger partial charge in [0, 0.05) is 15.2 Å². The summed E-state index contributed by atoms with van der Waals surface area (Å²) in [6.07, 6.45) is 0. The predicted molar refractivity (Wildman–Crippen MR) is 99.2 cm³/mol. The number of fused-ring (bicyclic) bond motifs is 1. The third kappa shape index (κ3) is 4.07. The number of anilines is 1. The fourth-order valence-corrected chi connectivity index (χ4v) is 3.27. The molecule has 0 unspecified atom stereocenters. The number of rotatable bonds is 4. The molecule has 1 amide bonds. The van der Waals surface area contributed by atoms with E-state index in [4.69, 9.17) is 11.6 Å². The number of aromatic amines is 1. The Morgan fingerprint density at radius 3 is 2.78 bits per heavy atom. The van der Waals surface area contributed by atoms with Crippen LogP contribution < -0.4 is 5.32 Å². The molecule has 0 aliphatic heterocycles. The third-order valence-corrected chi connectivity index (χ3v) is 4.94. The van der Waals surface area contributed by atoms with Gasteiger partial charge < -0.3 is 10.3 Å². The van der Waals surface area contributed by atoms with Crippen molar-refractivity contribution in [2.75, 3.05) is 5.32 Å². The number of halogens is 2. The number of imidazole rings is 1. The minimum absolute atomic E-state index is 0.0733. The maximum atomic E-state index is 12.3. The number of carbonyl (C=O) groups excluding carboxylic acids is 1. The van der Waals surface area contributed by atoms with Gasteiger partial charge in [-0.3, -0.25) is 4.79 Å². The third-order valence-electron chi connectivity index (χ3n) is 3.19. The van der Waals surface area contributed by atoms with Crippen LogP contribution in [0.3, 0.4) is 0 Å². The second-order valence-corrected chi connectivity index (χ2v) is 7.64. The van der Waals surface area contributed by atoms with E-state index in [-0.39, 0.29) is 11.2 Å². The lowest BCUT2D eigenvalue weighted by molar-refractivity contribution is -0.115. The molecule has 0 radical (unpaired) electrons. The summed E-state index contributed by atoms with van der Waals surface area (Å²) in [7, 11) is 0. The molecule has 0 aliphatic carbocycles. The van der Waals surface area contributed by atoms with Crippen LogP contribution in [0.25, 0.3) is 11.0 Å². The van der Waals surface area contributed by atoms with Crippen molar-refractivity contribution in [1.82, 2.24) is 9.97 Å². The van der Waals surface area contributed by atoms with Crippen LogP contribution >= 0.6 is 39.3 Å². The van der Waals surface area contributed by atoms with Gasteiger partial charge in [-0.2, -0.15) is 0 Å². The summed E-state index contributed by atoms with van der Waals surface area (Å²) in [6.45, 7) is 1.85. The van der Waals surface area contributed by atoms with Gasteiger partial charge in [0.25, 0.3) is 0 Å². The molecule has 1 aromatic heterocycles. The lowest BCUT2D eigenvalue weighted by Crippen LogP contribution is -2.22. The molecule has 1 heterocycles. The predicted octanol–water partition coefficient (Wildman–Crippen LogP) is 5.10. The molecule has 3 aromatic rings. The van der Waals surface area contributed by atoms with Crippen molar-refractivity contribution in [2.24, 2.45) is 0 Å². The SMILES string of the molecule is C[C@@H](Sc1nc2ccc(Cl)cc2[nH]1)C(=O)Nc1ccc(Br)cc1. The lowest BCUT2D eigenvalue weighted by Gasteiger charge is -2.10. The van der Waals surface area contributed by atoms with Crippen molar-refractivity contribution in [3.8, 4) is 0 Å². The van der Waals surface area contributed by atoms with Crippen LogP contribution in [-0.2, 0) is 4.79 Å². The van der Waals surface area contributed by atoms with E-state index in [1.165, 1.54) is 11.8 Å². The Bertz CT molecular complexity index is 850. The molecule has 0 fully saturated rings. The molecular formula is C16H13BrClN3OS. The van der Waals surface area contributed by atoms with Crippen LogP contribution in [0.15, 0.2) is 52.1 Å². The van der Waals surface area contributed by atoms with E-state index in [1.54, 1.807) is 6.07 Å². The quantitative estimate of drug-likeness (QED) is 0.588. The first-order valence-corrected chi connectivity index (χ1v) is 8.95. The molecule has 2 aromatic carbocycles. The molecule has 0 bridgehead atoms. The van der Waals surface area contributed by atoms with Crippen LogP contribution in [-0.4, -0.2) is 21.1 Å². The average Bonchev–Trinajstić information content (AvgIpc) is 2.90. The number of hydrogen-bond donors (Lipinski definition) is 2. The summed E-state index contributed by atoms with van der Waals surface area (Å²) < 4.78 is 0.971. The van der Waals surface area contributed by atoms with Gasteiger partial charge in [0.05, 0.1) is 16.3 Å². The van der Waals surface area contributed by atoms with Gasteiger partial charge in [0.15, 0.2) is 5.16 Å². The van der Waals surface area contributed by atoms with Crippen molar-refractivity contribution in [3.63, 3.8) is 0 Å². The van der Waals surface area contributed by atoms with Crippen LogP contribution in [0.2, 0.25) is 5.02 Å². The zero-order valence-electron chi connectivity index (χ0n) is 12.1. The molecule has 0 spiro atoms. The number of benzene rings is 2. The summed E-state index contributed by atoms with van der Waals surface area (Å²) in [6, 6.07) is 12.9. The van der Waals surface area contributed by atoms with Crippen LogP contribution in [0.4, 0.5) is 5.69 Å². The first kappa shape index (κ1) is 16.4. The smallest absolute Gasteiger partial charge is 0.237 e. The number of nitrogens with one attached hydrogen (secondary N) is 2. The second-order valence-electron chi connectivity index (χ2n) is 4.96. The maximum absolute atomic E-state index is 12.3. The van der Waals surface area contributed by atoms with Crippen molar-refractivity contribution < 1.29 is 4.79 Å². The fraction of sp³-hybridized carbons (Fsp3) is 0.125. The Labute approximate surface area is 151 Å². The molecule has 23 heavy (non-hydrogen) atoms. The Kier molecular flexibility index (Phi) is 4.94. The Balaban J connectivity index is 1.68. The number of hydrogen-bond acceptors (Lipinski definition) is 3. The van der Waals surface area contributed by atoms with Crippen LogP contribution in [0.5, 0.6) is 0 Å². The molecule has 7 heteroatoms. The highest BCUT2D eigenvalue weighted by Gasteiger charge is 2.17. The monoisotopic (exact) mass is 409 g/mol. The van der Waals surface area contributed by atoms with E-state index < -0.39 is 0 Å². The number of thioether (sulfide) groups is 1. The first-order valence-electron chi connectivity index (χ1n) is 6.89. The molecule has 4 nitrogen and oxygen atoms in total. The Hall–Kier alpha value is -1.50. The molecular weight excluding hydrogens is 398 g/mol. The highest BCUT2D eigenvalue weighted by Crippen LogP contribution is 2.26. The normalized spacial score (nSPS) is 12.3. The van der Waals surface area contributed by atoms with Crippen molar-refractivity contribution in [1.29, 1.82) is 0 Å². The molecule has 2 N–H and O–H groups in total. The van der Waals surface area contributed by atoms with Crippen molar-refractivity contribution in [2.45, 2.75) is 17.3 Å². The standard InChI is InChI=1S/C16H13BrClN3OS/c1-9(15(22)19-12-5-2-10(17)3-6-12)23-16-20-13-7-4-11(18)8-14(13)21-16/h2-9H,1H3,(H,19,22)(H,20,21)/t9-/m1/s1. The van der Waals surface area contributed by atoms with Gasteiger partial charge in [0.2, 0.25) is 5.91 Å². The lowest BCUT2D eigenvalue weighted by atomic mass is 10.3. The van der Waals surface area contributed by atoms with Gasteiger partial charge in [-0.15, -0.1) is 0 Å². The summed E-state index contributed by atoms with van der Waals surface area (Å²) in [5, 5.41) is 3.95. The number of carbonyl (C=O) groups is 1. The molecule has 1 atom stereocenters. The van der Waals surface area contributed by atoms with E-state index in [0.29, 0.717) is 10.2 Å². The summed E-state index contributed by atoms with van der Waals surface area (Å²) in [5.74, 6) is -0.0733. The maximum Gasteiger partial charge on any atom is 0.237 e. The van der Waals surface area contributed by atoms with E-state index in [0.717, 1.165) is 21.2 Å². The van der Waals surface area contributed by atoms with Crippen molar-refractivity contribution in [3.05, 3.63) is 52.0 Å². The van der Waals surface area contributed by atoms with E-state index in [9.17, 15) is 4.79 Å². The second kappa shape index (κ2) is 6.95. The first-order chi connectivity index (χ1) is 11.0. The molecule has 0 saturated carbocycles. The highest BCUT2D eigenvalue weighted by atomic mass is 79.9. The van der Waals surface area contributed by atoms with Crippen LogP contribution in [0, 0.1) is 0 Å². The number of H-pyrrole nitrogens is 1. The minimum Gasteiger partial charge on any atom is -0.333 e. The molecule has 0 saturated heterocycles. The summed E-state index contributed by atoms with van der Waals surface area (Å²) >= 11 is 10.7. The average molecular weight is 411 g/mol.